The van der Waals surface area contributed by atoms with Gasteiger partial charge in [-0.3, -0.25) is 4.79 Å². The summed E-state index contributed by atoms with van der Waals surface area (Å²) in [5.74, 6) is -0.0876. The largest absolute Gasteiger partial charge is 0.335 e. The minimum absolute atomic E-state index is 0.0240. The number of amides is 1. The average Bonchev–Trinajstić information content (AvgIpc) is 2.96. The van der Waals surface area contributed by atoms with Crippen LogP contribution in [0, 0.1) is 6.92 Å². The number of aromatic nitrogens is 3. The van der Waals surface area contributed by atoms with Crippen molar-refractivity contribution in [1.29, 1.82) is 0 Å². The number of rotatable bonds is 5. The van der Waals surface area contributed by atoms with Gasteiger partial charge in [-0.1, -0.05) is 0 Å². The van der Waals surface area contributed by atoms with Crippen molar-refractivity contribution in [3.8, 4) is 0 Å². The smallest absolute Gasteiger partial charge is 0.259 e. The number of aryl methyl sites for hydroxylation is 1. The predicted octanol–water partition coefficient (Wildman–Crippen LogP) is 0.972. The van der Waals surface area contributed by atoms with E-state index in [1.807, 2.05) is 18.0 Å². The lowest BCUT2D eigenvalue weighted by Crippen LogP contribution is -2.45. The predicted molar refractivity (Wildman–Crippen MR) is 93.9 cm³/mol. The van der Waals surface area contributed by atoms with Crippen LogP contribution in [-0.2, 0) is 10.0 Å². The first kappa shape index (κ1) is 17.8. The topological polar surface area (TPSA) is 96.7 Å². The van der Waals surface area contributed by atoms with Crippen LogP contribution in [0.4, 0.5) is 0 Å². The number of fused-ring (bicyclic) bond motifs is 1. The molecule has 3 rings (SSSR count). The maximum absolute atomic E-state index is 13.0. The van der Waals surface area contributed by atoms with E-state index in [-0.39, 0.29) is 11.9 Å². The molecule has 2 aromatic rings. The number of hydrogen-bond acceptors (Lipinski definition) is 5. The molecule has 1 aliphatic heterocycles. The fourth-order valence-electron chi connectivity index (χ4n) is 3.25. The van der Waals surface area contributed by atoms with Gasteiger partial charge in [-0.15, -0.1) is 0 Å². The van der Waals surface area contributed by atoms with Gasteiger partial charge in [0.25, 0.3) is 5.91 Å². The van der Waals surface area contributed by atoms with E-state index in [1.54, 1.807) is 16.9 Å². The number of nitrogens with one attached hydrogen (secondary N) is 1. The molecule has 0 radical (unpaired) electrons. The highest BCUT2D eigenvalue weighted by Crippen LogP contribution is 2.23. The first-order valence-electron chi connectivity index (χ1n) is 8.41. The van der Waals surface area contributed by atoms with Crippen molar-refractivity contribution in [3.05, 3.63) is 29.7 Å². The van der Waals surface area contributed by atoms with Crippen molar-refractivity contribution in [2.45, 2.75) is 38.6 Å². The summed E-state index contributed by atoms with van der Waals surface area (Å²) in [6, 6.07) is 0.0240. The first-order chi connectivity index (χ1) is 11.8. The Morgan fingerprint density at radius 3 is 2.92 bits per heavy atom. The molecule has 3 heterocycles. The maximum atomic E-state index is 13.0. The Morgan fingerprint density at radius 2 is 2.16 bits per heavy atom. The Kier molecular flexibility index (Phi) is 5.05. The second kappa shape index (κ2) is 7.09. The van der Waals surface area contributed by atoms with Crippen molar-refractivity contribution in [2.24, 2.45) is 0 Å². The highest BCUT2D eigenvalue weighted by molar-refractivity contribution is 7.88. The Bertz CT molecular complexity index is 877. The van der Waals surface area contributed by atoms with Crippen molar-refractivity contribution in [3.63, 3.8) is 0 Å². The number of sulfonamides is 1. The third-order valence-electron chi connectivity index (χ3n) is 4.45. The molecule has 1 fully saturated rings. The van der Waals surface area contributed by atoms with Crippen LogP contribution in [0.2, 0.25) is 0 Å². The molecule has 0 bridgehead atoms. The standard InChI is InChI=1S/C16H23N5O3S/c1-12-9-17-15-14(10-18-21(15)11-12)16(22)20-8-4-3-5-13(20)6-7-19-25(2,23)24/h9-11,13,19H,3-8H2,1-2H3. The van der Waals surface area contributed by atoms with E-state index < -0.39 is 10.0 Å². The van der Waals surface area contributed by atoms with Crippen LogP contribution >= 0.6 is 0 Å². The second-order valence-electron chi connectivity index (χ2n) is 6.56. The molecule has 8 nitrogen and oxygen atoms in total. The summed E-state index contributed by atoms with van der Waals surface area (Å²) in [6.07, 6.45) is 9.73. The molecule has 1 N–H and O–H groups in total. The van der Waals surface area contributed by atoms with Gasteiger partial charge in [0, 0.05) is 31.5 Å². The van der Waals surface area contributed by atoms with Crippen molar-refractivity contribution in [1.82, 2.24) is 24.2 Å². The number of carbonyl (C=O) groups is 1. The molecular weight excluding hydrogens is 342 g/mol. The highest BCUT2D eigenvalue weighted by atomic mass is 32.2. The zero-order chi connectivity index (χ0) is 18.0. The number of piperidine rings is 1. The molecule has 1 aliphatic rings. The lowest BCUT2D eigenvalue weighted by atomic mass is 9.98. The van der Waals surface area contributed by atoms with Crippen LogP contribution < -0.4 is 4.72 Å². The Hall–Kier alpha value is -2.00. The minimum Gasteiger partial charge on any atom is -0.335 e. The Labute approximate surface area is 147 Å². The summed E-state index contributed by atoms with van der Waals surface area (Å²) in [4.78, 5) is 19.2. The molecule has 0 spiro atoms. The van der Waals surface area contributed by atoms with Gasteiger partial charge < -0.3 is 4.90 Å². The summed E-state index contributed by atoms with van der Waals surface area (Å²) in [5.41, 5.74) is 2.01. The Balaban J connectivity index is 1.78. The van der Waals surface area contributed by atoms with Crippen molar-refractivity contribution in [2.75, 3.05) is 19.3 Å². The average molecular weight is 365 g/mol. The zero-order valence-corrected chi connectivity index (χ0v) is 15.3. The first-order valence-corrected chi connectivity index (χ1v) is 10.3. The third-order valence-corrected chi connectivity index (χ3v) is 5.17. The van der Waals surface area contributed by atoms with E-state index in [0.29, 0.717) is 30.7 Å². The lowest BCUT2D eigenvalue weighted by Gasteiger charge is -2.35. The third kappa shape index (κ3) is 4.16. The molecule has 0 aliphatic carbocycles. The van der Waals surface area contributed by atoms with E-state index in [9.17, 15) is 13.2 Å². The molecule has 0 saturated carbocycles. The molecule has 1 atom stereocenters. The van der Waals surface area contributed by atoms with Crippen LogP contribution in [0.25, 0.3) is 5.65 Å². The normalized spacial score (nSPS) is 18.6. The molecule has 25 heavy (non-hydrogen) atoms. The van der Waals surface area contributed by atoms with Crippen LogP contribution in [0.5, 0.6) is 0 Å². The van der Waals surface area contributed by atoms with E-state index >= 15 is 0 Å². The van der Waals surface area contributed by atoms with Gasteiger partial charge in [-0.05, 0) is 38.2 Å². The van der Waals surface area contributed by atoms with Crippen LogP contribution in [-0.4, -0.2) is 59.2 Å². The van der Waals surface area contributed by atoms with E-state index in [2.05, 4.69) is 14.8 Å². The number of likely N-dealkylation sites (tertiary alicyclic amines) is 1. The van der Waals surface area contributed by atoms with E-state index in [0.717, 1.165) is 31.1 Å². The summed E-state index contributed by atoms with van der Waals surface area (Å²) in [6.45, 7) is 2.93. The van der Waals surface area contributed by atoms with Crippen LogP contribution in [0.3, 0.4) is 0 Å². The second-order valence-corrected chi connectivity index (χ2v) is 8.39. The van der Waals surface area contributed by atoms with Gasteiger partial charge >= 0.3 is 0 Å². The summed E-state index contributed by atoms with van der Waals surface area (Å²) >= 11 is 0. The van der Waals surface area contributed by atoms with Gasteiger partial charge in [-0.25, -0.2) is 22.6 Å². The molecule has 2 aromatic heterocycles. The zero-order valence-electron chi connectivity index (χ0n) is 14.5. The van der Waals surface area contributed by atoms with E-state index in [4.69, 9.17) is 0 Å². The summed E-state index contributed by atoms with van der Waals surface area (Å²) < 4.78 is 26.6. The minimum atomic E-state index is -3.22. The molecule has 136 valence electrons. The highest BCUT2D eigenvalue weighted by Gasteiger charge is 2.29. The molecule has 1 saturated heterocycles. The molecule has 9 heteroatoms. The molecule has 1 amide bonds. The summed E-state index contributed by atoms with van der Waals surface area (Å²) in [7, 11) is -3.22. The molecular formula is C16H23N5O3S. The van der Waals surface area contributed by atoms with E-state index in [1.165, 1.54) is 0 Å². The van der Waals surface area contributed by atoms with Crippen LogP contribution in [0.1, 0.15) is 41.6 Å². The van der Waals surface area contributed by atoms with Gasteiger partial charge in [0.1, 0.15) is 5.56 Å². The quantitative estimate of drug-likeness (QED) is 0.852. The maximum Gasteiger partial charge on any atom is 0.259 e. The van der Waals surface area contributed by atoms with Crippen LogP contribution in [0.15, 0.2) is 18.6 Å². The number of hydrogen-bond donors (Lipinski definition) is 1. The lowest BCUT2D eigenvalue weighted by molar-refractivity contribution is 0.0605. The van der Waals surface area contributed by atoms with Gasteiger partial charge in [0.15, 0.2) is 5.65 Å². The number of nitrogens with zero attached hydrogens (tertiary/aromatic N) is 4. The van der Waals surface area contributed by atoms with Gasteiger partial charge in [0.05, 0.1) is 12.5 Å². The van der Waals surface area contributed by atoms with Gasteiger partial charge in [0.2, 0.25) is 10.0 Å². The van der Waals surface area contributed by atoms with Crippen molar-refractivity contribution < 1.29 is 13.2 Å². The van der Waals surface area contributed by atoms with Gasteiger partial charge in [-0.2, -0.15) is 5.10 Å². The number of carbonyl (C=O) groups excluding carboxylic acids is 1. The monoisotopic (exact) mass is 365 g/mol. The fourth-order valence-corrected chi connectivity index (χ4v) is 3.74. The molecule has 1 unspecified atom stereocenters. The SMILES string of the molecule is Cc1cnc2c(C(=O)N3CCCCC3CCNS(C)(=O)=O)cnn2c1. The molecule has 0 aromatic carbocycles. The summed E-state index contributed by atoms with van der Waals surface area (Å²) in [5, 5.41) is 4.23. The fraction of sp³-hybridized carbons (Fsp3) is 0.562. The van der Waals surface area contributed by atoms with Crippen molar-refractivity contribution >= 4 is 21.6 Å². The Morgan fingerprint density at radius 1 is 1.36 bits per heavy atom.